The summed E-state index contributed by atoms with van der Waals surface area (Å²) >= 11 is 0. The van der Waals surface area contributed by atoms with E-state index in [1.54, 1.807) is 0 Å². The Balaban J connectivity index is 2.07. The number of rotatable bonds is 6. The Hall–Kier alpha value is -2.30. The third-order valence-electron chi connectivity index (χ3n) is 3.14. The second kappa shape index (κ2) is 6.23. The fraction of sp³-hybridized carbons (Fsp3) is 0.333. The summed E-state index contributed by atoms with van der Waals surface area (Å²) in [7, 11) is 0. The minimum atomic E-state index is -0.861. The number of amides is 1. The molecule has 5 heteroatoms. The quantitative estimate of drug-likeness (QED) is 0.794. The lowest BCUT2D eigenvalue weighted by molar-refractivity contribution is -0.137. The van der Waals surface area contributed by atoms with E-state index < -0.39 is 5.97 Å². The molecule has 1 aromatic carbocycles. The molecule has 20 heavy (non-hydrogen) atoms. The van der Waals surface area contributed by atoms with Crippen molar-refractivity contribution in [2.45, 2.75) is 26.2 Å². The molecule has 2 aromatic rings. The first-order valence-electron chi connectivity index (χ1n) is 6.62. The lowest BCUT2D eigenvalue weighted by Crippen LogP contribution is -2.24. The Morgan fingerprint density at radius 1 is 1.35 bits per heavy atom. The van der Waals surface area contributed by atoms with Crippen LogP contribution in [0.1, 0.15) is 35.7 Å². The molecule has 106 valence electrons. The number of carboxylic acids is 1. The van der Waals surface area contributed by atoms with Crippen molar-refractivity contribution in [3.8, 4) is 0 Å². The average molecular weight is 275 g/mol. The highest BCUT2D eigenvalue weighted by Gasteiger charge is 2.13. The number of fused-ring (bicyclic) bond motifs is 1. The largest absolute Gasteiger partial charge is 0.481 e. The van der Waals surface area contributed by atoms with E-state index >= 15 is 0 Å². The predicted molar refractivity (Wildman–Crippen MR) is 74.8 cm³/mol. The van der Waals surface area contributed by atoms with Gasteiger partial charge in [-0.3, -0.25) is 9.59 Å². The van der Waals surface area contributed by atoms with Gasteiger partial charge in [-0.1, -0.05) is 13.0 Å². The normalized spacial score (nSPS) is 10.7. The summed E-state index contributed by atoms with van der Waals surface area (Å²) in [6.45, 7) is 2.39. The van der Waals surface area contributed by atoms with Gasteiger partial charge in [0.25, 0.3) is 5.91 Å². The molecule has 0 spiro atoms. The van der Waals surface area contributed by atoms with Crippen molar-refractivity contribution in [3.63, 3.8) is 0 Å². The van der Waals surface area contributed by atoms with Crippen LogP contribution in [0.5, 0.6) is 0 Å². The molecule has 0 saturated heterocycles. The van der Waals surface area contributed by atoms with Gasteiger partial charge in [-0.2, -0.15) is 0 Å². The predicted octanol–water partition coefficient (Wildman–Crippen LogP) is 2.59. The van der Waals surface area contributed by atoms with Gasteiger partial charge in [-0.15, -0.1) is 0 Å². The van der Waals surface area contributed by atoms with Crippen LogP contribution in [0.4, 0.5) is 0 Å². The van der Waals surface area contributed by atoms with Crippen molar-refractivity contribution in [2.75, 3.05) is 6.54 Å². The number of nitrogens with one attached hydrogen (secondary N) is 1. The van der Waals surface area contributed by atoms with Gasteiger partial charge in [0.05, 0.1) is 5.56 Å². The van der Waals surface area contributed by atoms with Gasteiger partial charge in [0.15, 0.2) is 0 Å². The second-order valence-electron chi connectivity index (χ2n) is 4.59. The number of aliphatic carboxylic acids is 1. The smallest absolute Gasteiger partial charge is 0.303 e. The number of carbonyl (C=O) groups excluding carboxylic acids is 1. The van der Waals surface area contributed by atoms with E-state index in [-0.39, 0.29) is 12.3 Å². The average Bonchev–Trinajstić information content (AvgIpc) is 2.86. The maximum Gasteiger partial charge on any atom is 0.303 e. The van der Waals surface area contributed by atoms with E-state index in [1.165, 1.54) is 6.26 Å². The van der Waals surface area contributed by atoms with E-state index in [2.05, 4.69) is 5.32 Å². The summed E-state index contributed by atoms with van der Waals surface area (Å²) in [4.78, 5) is 22.4. The number of carboxylic acid groups (broad SMARTS) is 1. The highest BCUT2D eigenvalue weighted by atomic mass is 16.4. The molecule has 0 fully saturated rings. The van der Waals surface area contributed by atoms with E-state index in [4.69, 9.17) is 9.52 Å². The summed E-state index contributed by atoms with van der Waals surface area (Å²) in [6.07, 6.45) is 2.79. The molecule has 2 rings (SSSR count). The molecule has 0 bridgehead atoms. The highest BCUT2D eigenvalue weighted by Crippen LogP contribution is 2.22. The minimum absolute atomic E-state index is 0.0480. The molecule has 5 nitrogen and oxygen atoms in total. The molecule has 0 aliphatic heterocycles. The van der Waals surface area contributed by atoms with Crippen LogP contribution in [0.3, 0.4) is 0 Å². The van der Waals surface area contributed by atoms with Gasteiger partial charge in [0, 0.05) is 18.4 Å². The SMILES string of the molecule is CCc1ccc2occ(C(=O)NCCCC(=O)O)c2c1. The van der Waals surface area contributed by atoms with E-state index in [9.17, 15) is 9.59 Å². The standard InChI is InChI=1S/C15H17NO4/c1-2-10-5-6-13-11(8-10)12(9-20-13)15(19)16-7-3-4-14(17)18/h5-6,8-9H,2-4,7H2,1H3,(H,16,19)(H,17,18). The molecule has 0 radical (unpaired) electrons. The number of hydrogen-bond acceptors (Lipinski definition) is 3. The van der Waals surface area contributed by atoms with E-state index in [0.29, 0.717) is 24.1 Å². The van der Waals surface area contributed by atoms with Crippen LogP contribution < -0.4 is 5.32 Å². The molecule has 0 aliphatic rings. The Bertz CT molecular complexity index is 630. The molecule has 0 unspecified atom stereocenters. The van der Waals surface area contributed by atoms with E-state index in [0.717, 1.165) is 17.4 Å². The van der Waals surface area contributed by atoms with Crippen LogP contribution in [-0.2, 0) is 11.2 Å². The molecule has 2 N–H and O–H groups in total. The van der Waals surface area contributed by atoms with Crippen LogP contribution >= 0.6 is 0 Å². The molecular formula is C15H17NO4. The van der Waals surface area contributed by atoms with Gasteiger partial charge in [0.2, 0.25) is 0 Å². The van der Waals surface area contributed by atoms with Crippen molar-refractivity contribution in [1.82, 2.24) is 5.32 Å². The van der Waals surface area contributed by atoms with Crippen LogP contribution in [-0.4, -0.2) is 23.5 Å². The van der Waals surface area contributed by atoms with Crippen molar-refractivity contribution in [2.24, 2.45) is 0 Å². The van der Waals surface area contributed by atoms with Crippen LogP contribution in [0.25, 0.3) is 11.0 Å². The van der Waals surface area contributed by atoms with Gasteiger partial charge >= 0.3 is 5.97 Å². The summed E-state index contributed by atoms with van der Waals surface area (Å²) < 4.78 is 5.36. The first-order valence-corrected chi connectivity index (χ1v) is 6.62. The van der Waals surface area contributed by atoms with Gasteiger partial charge in [-0.25, -0.2) is 0 Å². The topological polar surface area (TPSA) is 79.5 Å². The molecule has 1 heterocycles. The monoisotopic (exact) mass is 275 g/mol. The third kappa shape index (κ3) is 3.17. The van der Waals surface area contributed by atoms with Gasteiger partial charge < -0.3 is 14.8 Å². The van der Waals surface area contributed by atoms with Crippen molar-refractivity contribution < 1.29 is 19.1 Å². The van der Waals surface area contributed by atoms with Crippen molar-refractivity contribution >= 4 is 22.8 Å². The third-order valence-corrected chi connectivity index (χ3v) is 3.14. The molecule has 1 aromatic heterocycles. The second-order valence-corrected chi connectivity index (χ2v) is 4.59. The molecule has 0 saturated carbocycles. The Labute approximate surface area is 116 Å². The van der Waals surface area contributed by atoms with Crippen LogP contribution in [0.2, 0.25) is 0 Å². The number of hydrogen-bond donors (Lipinski definition) is 2. The first kappa shape index (κ1) is 14.1. The number of carbonyl (C=O) groups is 2. The van der Waals surface area contributed by atoms with Crippen LogP contribution in [0, 0.1) is 0 Å². The number of furan rings is 1. The zero-order chi connectivity index (χ0) is 14.5. The van der Waals surface area contributed by atoms with Crippen molar-refractivity contribution in [3.05, 3.63) is 35.6 Å². The maximum atomic E-state index is 12.0. The fourth-order valence-electron chi connectivity index (χ4n) is 2.01. The first-order chi connectivity index (χ1) is 9.61. The van der Waals surface area contributed by atoms with Gasteiger partial charge in [0.1, 0.15) is 11.8 Å². The Morgan fingerprint density at radius 2 is 2.15 bits per heavy atom. The van der Waals surface area contributed by atoms with E-state index in [1.807, 2.05) is 25.1 Å². The summed E-state index contributed by atoms with van der Waals surface area (Å²) in [5, 5.41) is 12.0. The molecule has 0 atom stereocenters. The van der Waals surface area contributed by atoms with Crippen molar-refractivity contribution in [1.29, 1.82) is 0 Å². The highest BCUT2D eigenvalue weighted by molar-refractivity contribution is 6.06. The lowest BCUT2D eigenvalue weighted by atomic mass is 10.1. The summed E-state index contributed by atoms with van der Waals surface area (Å²) in [5.74, 6) is -1.09. The minimum Gasteiger partial charge on any atom is -0.481 e. The molecular weight excluding hydrogens is 258 g/mol. The van der Waals surface area contributed by atoms with Crippen LogP contribution in [0.15, 0.2) is 28.9 Å². The summed E-state index contributed by atoms with van der Waals surface area (Å²) in [6, 6.07) is 5.78. The lowest BCUT2D eigenvalue weighted by Gasteiger charge is -2.03. The maximum absolute atomic E-state index is 12.0. The summed E-state index contributed by atoms with van der Waals surface area (Å²) in [5.41, 5.74) is 2.31. The molecule has 1 amide bonds. The van der Waals surface area contributed by atoms with Gasteiger partial charge in [-0.05, 0) is 30.5 Å². The Morgan fingerprint density at radius 3 is 2.85 bits per heavy atom. The zero-order valence-corrected chi connectivity index (χ0v) is 11.3. The molecule has 0 aliphatic carbocycles. The fourth-order valence-corrected chi connectivity index (χ4v) is 2.01. The number of aryl methyl sites for hydroxylation is 1. The Kier molecular flexibility index (Phi) is 4.40. The zero-order valence-electron chi connectivity index (χ0n) is 11.3. The number of benzene rings is 1.